The number of carbonyl (C=O) groups is 1. The first-order chi connectivity index (χ1) is 15.1. The first-order valence-electron chi connectivity index (χ1n) is 9.97. The quantitative estimate of drug-likeness (QED) is 0.587. The molecule has 1 aromatic heterocycles. The van der Waals surface area contributed by atoms with Crippen LogP contribution in [-0.4, -0.2) is 45.1 Å². The molecule has 2 atom stereocenters. The Morgan fingerprint density at radius 3 is 2.58 bits per heavy atom. The van der Waals surface area contributed by atoms with Gasteiger partial charge < -0.3 is 14.7 Å². The molecule has 0 spiro atoms. The van der Waals surface area contributed by atoms with Crippen molar-refractivity contribution in [2.45, 2.75) is 25.0 Å². The number of likely N-dealkylation sites (tertiary alicyclic amines) is 1. The Kier molecular flexibility index (Phi) is 6.70. The number of hydrogen-bond donors (Lipinski definition) is 1. The Morgan fingerprint density at radius 1 is 1.13 bits per heavy atom. The van der Waals surface area contributed by atoms with E-state index >= 15 is 0 Å². The molecule has 2 heterocycles. The topological polar surface area (TPSA) is 75.5 Å². The lowest BCUT2D eigenvalue weighted by atomic mass is 10.0. The van der Waals surface area contributed by atoms with Crippen LogP contribution in [0.2, 0.25) is 10.0 Å². The average molecular weight is 458 g/mol. The first-order valence-corrected chi connectivity index (χ1v) is 10.7. The number of halogens is 2. The Morgan fingerprint density at radius 2 is 1.90 bits per heavy atom. The van der Waals surface area contributed by atoms with Crippen LogP contribution in [0.3, 0.4) is 0 Å². The van der Waals surface area contributed by atoms with Crippen LogP contribution in [0.1, 0.15) is 40.6 Å². The van der Waals surface area contributed by atoms with Crippen LogP contribution in [0.15, 0.2) is 60.9 Å². The molecule has 1 aliphatic rings. The zero-order valence-electron chi connectivity index (χ0n) is 16.6. The van der Waals surface area contributed by atoms with Crippen LogP contribution in [-0.2, 0) is 0 Å². The van der Waals surface area contributed by atoms with E-state index in [1.807, 2.05) is 30.3 Å². The van der Waals surface area contributed by atoms with Crippen LogP contribution < -0.4 is 4.74 Å². The highest BCUT2D eigenvalue weighted by Crippen LogP contribution is 2.32. The van der Waals surface area contributed by atoms with Gasteiger partial charge >= 0.3 is 0 Å². The van der Waals surface area contributed by atoms with E-state index in [1.54, 1.807) is 23.1 Å². The molecule has 8 heteroatoms. The normalized spacial score (nSPS) is 16.9. The third-order valence-electron chi connectivity index (χ3n) is 5.30. The van der Waals surface area contributed by atoms with Gasteiger partial charge in [-0.05, 0) is 36.6 Å². The lowest BCUT2D eigenvalue weighted by molar-refractivity contribution is 0.0671. The minimum absolute atomic E-state index is 0.0546. The number of carbonyl (C=O) groups excluding carboxylic acids is 1. The monoisotopic (exact) mass is 457 g/mol. The molecule has 4 rings (SSSR count). The van der Waals surface area contributed by atoms with Gasteiger partial charge in [0.25, 0.3) is 5.91 Å². The molecule has 160 valence electrons. The molecule has 0 bridgehead atoms. The third-order valence-corrected chi connectivity index (χ3v) is 5.89. The summed E-state index contributed by atoms with van der Waals surface area (Å²) in [7, 11) is 0. The number of nitrogens with zero attached hydrogens (tertiary/aromatic N) is 3. The Balaban J connectivity index is 1.58. The fraction of sp³-hybridized carbons (Fsp3) is 0.261. The van der Waals surface area contributed by atoms with E-state index in [4.69, 9.17) is 27.9 Å². The number of hydrogen-bond acceptors (Lipinski definition) is 5. The summed E-state index contributed by atoms with van der Waals surface area (Å²) in [6, 6.07) is 14.5. The molecule has 1 unspecified atom stereocenters. The summed E-state index contributed by atoms with van der Waals surface area (Å²) in [5.41, 5.74) is 1.84. The SMILES string of the molecule is O=C(c1cnc(OC(c2ccc(Cl)cc2)c2ccccc2Cl)cn1)N1CCC[C@H]1CO. The summed E-state index contributed by atoms with van der Waals surface area (Å²) in [5.74, 6) is 0.0208. The average Bonchev–Trinajstić information content (AvgIpc) is 3.28. The van der Waals surface area contributed by atoms with Crippen molar-refractivity contribution in [2.24, 2.45) is 0 Å². The fourth-order valence-electron chi connectivity index (χ4n) is 3.68. The minimum Gasteiger partial charge on any atom is -0.463 e. The summed E-state index contributed by atoms with van der Waals surface area (Å²) >= 11 is 12.5. The van der Waals surface area contributed by atoms with Crippen molar-refractivity contribution in [1.82, 2.24) is 14.9 Å². The molecule has 2 aromatic carbocycles. The second-order valence-corrected chi connectivity index (χ2v) is 8.13. The highest BCUT2D eigenvalue weighted by atomic mass is 35.5. The van der Waals surface area contributed by atoms with E-state index in [2.05, 4.69) is 9.97 Å². The second-order valence-electron chi connectivity index (χ2n) is 7.29. The van der Waals surface area contributed by atoms with Crippen LogP contribution in [0.4, 0.5) is 0 Å². The van der Waals surface area contributed by atoms with E-state index in [1.165, 1.54) is 12.4 Å². The minimum atomic E-state index is -0.529. The number of rotatable bonds is 6. The molecule has 1 aliphatic heterocycles. The van der Waals surface area contributed by atoms with E-state index < -0.39 is 6.10 Å². The maximum Gasteiger partial charge on any atom is 0.274 e. The van der Waals surface area contributed by atoms with Crippen molar-refractivity contribution in [2.75, 3.05) is 13.2 Å². The highest BCUT2D eigenvalue weighted by Gasteiger charge is 2.29. The largest absolute Gasteiger partial charge is 0.463 e. The molecule has 1 N–H and O–H groups in total. The molecule has 0 radical (unpaired) electrons. The maximum atomic E-state index is 12.7. The van der Waals surface area contributed by atoms with Gasteiger partial charge in [-0.3, -0.25) is 4.79 Å². The predicted molar refractivity (Wildman–Crippen MR) is 119 cm³/mol. The number of aromatic nitrogens is 2. The lowest BCUT2D eigenvalue weighted by Crippen LogP contribution is -2.38. The highest BCUT2D eigenvalue weighted by molar-refractivity contribution is 6.31. The van der Waals surface area contributed by atoms with Crippen molar-refractivity contribution < 1.29 is 14.6 Å². The summed E-state index contributed by atoms with van der Waals surface area (Å²) < 4.78 is 6.14. The molecule has 31 heavy (non-hydrogen) atoms. The van der Waals surface area contributed by atoms with Crippen LogP contribution in [0, 0.1) is 0 Å². The molecule has 6 nitrogen and oxygen atoms in total. The molecular weight excluding hydrogens is 437 g/mol. The van der Waals surface area contributed by atoms with Gasteiger partial charge in [0.2, 0.25) is 5.88 Å². The number of aliphatic hydroxyl groups excluding tert-OH is 1. The molecule has 1 fully saturated rings. The Bertz CT molecular complexity index is 1040. The second kappa shape index (κ2) is 9.64. The number of benzene rings is 2. The van der Waals surface area contributed by atoms with Gasteiger partial charge in [0.1, 0.15) is 5.69 Å². The van der Waals surface area contributed by atoms with E-state index in [0.29, 0.717) is 16.6 Å². The number of ether oxygens (including phenoxy) is 1. The summed E-state index contributed by atoms with van der Waals surface area (Å²) in [6.07, 6.45) is 3.95. The van der Waals surface area contributed by atoms with Gasteiger partial charge in [-0.1, -0.05) is 53.5 Å². The van der Waals surface area contributed by atoms with Crippen LogP contribution >= 0.6 is 23.2 Å². The molecule has 0 saturated carbocycles. The standard InChI is InChI=1S/C23H21Cl2N3O3/c24-16-9-7-15(8-10-16)22(18-5-1-2-6-19(18)25)31-21-13-26-20(12-27-21)23(30)28-11-3-4-17(28)14-29/h1-2,5-10,12-13,17,22,29H,3-4,11,14H2/t17-,22?/m0/s1. The van der Waals surface area contributed by atoms with Gasteiger partial charge in [-0.15, -0.1) is 0 Å². The number of aliphatic hydroxyl groups is 1. The Hall–Kier alpha value is -2.67. The molecule has 0 aliphatic carbocycles. The molecule has 3 aromatic rings. The zero-order valence-corrected chi connectivity index (χ0v) is 18.1. The van der Waals surface area contributed by atoms with Gasteiger partial charge in [0.05, 0.1) is 25.0 Å². The van der Waals surface area contributed by atoms with Crippen molar-refractivity contribution >= 4 is 29.1 Å². The van der Waals surface area contributed by atoms with Gasteiger partial charge in [-0.25, -0.2) is 9.97 Å². The van der Waals surface area contributed by atoms with Gasteiger partial charge in [0.15, 0.2) is 6.10 Å². The summed E-state index contributed by atoms with van der Waals surface area (Å²) in [5, 5.41) is 10.6. The van der Waals surface area contributed by atoms with E-state index in [0.717, 1.165) is 24.0 Å². The summed E-state index contributed by atoms with van der Waals surface area (Å²) in [4.78, 5) is 22.9. The molecule has 1 amide bonds. The van der Waals surface area contributed by atoms with Crippen LogP contribution in [0.5, 0.6) is 5.88 Å². The smallest absolute Gasteiger partial charge is 0.274 e. The van der Waals surface area contributed by atoms with E-state index in [-0.39, 0.29) is 30.1 Å². The lowest BCUT2D eigenvalue weighted by Gasteiger charge is -2.23. The number of amides is 1. The first kappa shape index (κ1) is 21.6. The third kappa shape index (κ3) is 4.82. The molecule has 1 saturated heterocycles. The van der Waals surface area contributed by atoms with Crippen molar-refractivity contribution in [1.29, 1.82) is 0 Å². The van der Waals surface area contributed by atoms with Crippen LogP contribution in [0.25, 0.3) is 0 Å². The maximum absolute atomic E-state index is 12.7. The van der Waals surface area contributed by atoms with E-state index in [9.17, 15) is 9.90 Å². The van der Waals surface area contributed by atoms with Crippen molar-refractivity contribution in [3.63, 3.8) is 0 Å². The zero-order chi connectivity index (χ0) is 21.8. The summed E-state index contributed by atoms with van der Waals surface area (Å²) in [6.45, 7) is 0.552. The fourth-order valence-corrected chi connectivity index (χ4v) is 4.05. The molecular formula is C23H21Cl2N3O3. The predicted octanol–water partition coefficient (Wildman–Crippen LogP) is 4.55. The van der Waals surface area contributed by atoms with Crippen molar-refractivity contribution in [3.05, 3.63) is 87.8 Å². The van der Waals surface area contributed by atoms with Gasteiger partial charge in [0, 0.05) is 22.2 Å². The van der Waals surface area contributed by atoms with Crippen molar-refractivity contribution in [3.8, 4) is 5.88 Å². The Labute approximate surface area is 190 Å². The van der Waals surface area contributed by atoms with Gasteiger partial charge in [-0.2, -0.15) is 0 Å².